The lowest BCUT2D eigenvalue weighted by Gasteiger charge is -2.20. The monoisotopic (exact) mass is 192 g/mol. The van der Waals surface area contributed by atoms with Crippen LogP contribution in [0.4, 0.5) is 0 Å². The topological polar surface area (TPSA) is 54.4 Å². The second kappa shape index (κ2) is 3.62. The molecule has 3 heteroatoms. The summed E-state index contributed by atoms with van der Waals surface area (Å²) in [4.78, 5) is 21.9. The number of carbonyl (C=O) groups excluding carboxylic acids is 1. The Kier molecular flexibility index (Phi) is 2.70. The number of carbonyl (C=O) groups is 2. The van der Waals surface area contributed by atoms with E-state index in [0.717, 1.165) is 0 Å². The second-order valence-corrected chi connectivity index (χ2v) is 3.63. The summed E-state index contributed by atoms with van der Waals surface area (Å²) in [6.07, 6.45) is 0. The van der Waals surface area contributed by atoms with Crippen molar-refractivity contribution in [1.82, 2.24) is 0 Å². The van der Waals surface area contributed by atoms with Gasteiger partial charge in [-0.1, -0.05) is 30.3 Å². The fourth-order valence-corrected chi connectivity index (χ4v) is 1.25. The quantitative estimate of drug-likeness (QED) is 0.740. The molecule has 1 aromatic rings. The number of carboxylic acid groups (broad SMARTS) is 1. The highest BCUT2D eigenvalue weighted by Crippen LogP contribution is 2.23. The zero-order chi connectivity index (χ0) is 10.8. The molecule has 0 bridgehead atoms. The molecule has 0 radical (unpaired) electrons. The van der Waals surface area contributed by atoms with Crippen LogP contribution in [0.2, 0.25) is 0 Å². The van der Waals surface area contributed by atoms with Gasteiger partial charge < -0.3 is 5.11 Å². The number of aliphatic carboxylic acids is 1. The molecule has 1 N–H and O–H groups in total. The average Bonchev–Trinajstić information content (AvgIpc) is 2.18. The van der Waals surface area contributed by atoms with Crippen molar-refractivity contribution >= 4 is 11.8 Å². The summed E-state index contributed by atoms with van der Waals surface area (Å²) < 4.78 is 0. The molecule has 0 aliphatic heterocycles. The van der Waals surface area contributed by atoms with Crippen LogP contribution in [-0.4, -0.2) is 16.9 Å². The molecule has 0 spiro atoms. The Morgan fingerprint density at radius 1 is 1.14 bits per heavy atom. The molecule has 0 atom stereocenters. The zero-order valence-electron chi connectivity index (χ0n) is 8.15. The molecule has 0 amide bonds. The summed E-state index contributed by atoms with van der Waals surface area (Å²) in [5.41, 5.74) is -0.250. The molecule has 0 fully saturated rings. The molecule has 0 aliphatic rings. The van der Waals surface area contributed by atoms with Gasteiger partial charge >= 0.3 is 5.97 Å². The molecule has 0 aromatic heterocycles. The Morgan fingerprint density at radius 3 is 2.07 bits per heavy atom. The SMILES string of the molecule is CC(C)(C(=O)C(=O)O)c1ccccc1. The molecular weight excluding hydrogens is 180 g/mol. The number of carboxylic acids is 1. The van der Waals surface area contributed by atoms with Gasteiger partial charge in [-0.25, -0.2) is 4.79 Å². The molecule has 1 rings (SSSR count). The van der Waals surface area contributed by atoms with E-state index in [1.54, 1.807) is 38.1 Å². The Labute approximate surface area is 82.4 Å². The van der Waals surface area contributed by atoms with Crippen LogP contribution >= 0.6 is 0 Å². The Morgan fingerprint density at radius 2 is 1.64 bits per heavy atom. The molecular formula is C11H12O3. The predicted molar refractivity (Wildman–Crippen MR) is 52.1 cm³/mol. The highest BCUT2D eigenvalue weighted by molar-refractivity contribution is 6.36. The molecule has 0 heterocycles. The maximum Gasteiger partial charge on any atom is 0.373 e. The van der Waals surface area contributed by atoms with Crippen molar-refractivity contribution < 1.29 is 14.7 Å². The van der Waals surface area contributed by atoms with Gasteiger partial charge in [0.25, 0.3) is 0 Å². The van der Waals surface area contributed by atoms with E-state index >= 15 is 0 Å². The number of ketones is 1. The van der Waals surface area contributed by atoms with Gasteiger partial charge in [-0.2, -0.15) is 0 Å². The van der Waals surface area contributed by atoms with Gasteiger partial charge in [0.2, 0.25) is 5.78 Å². The summed E-state index contributed by atoms with van der Waals surface area (Å²) in [6.45, 7) is 3.22. The van der Waals surface area contributed by atoms with Crippen molar-refractivity contribution in [3.05, 3.63) is 35.9 Å². The predicted octanol–water partition coefficient (Wildman–Crippen LogP) is 1.62. The van der Waals surface area contributed by atoms with Crippen LogP contribution < -0.4 is 0 Å². The van der Waals surface area contributed by atoms with Crippen molar-refractivity contribution in [2.45, 2.75) is 19.3 Å². The molecule has 3 nitrogen and oxygen atoms in total. The van der Waals surface area contributed by atoms with Crippen molar-refractivity contribution in [3.8, 4) is 0 Å². The van der Waals surface area contributed by atoms with Crippen LogP contribution in [0.5, 0.6) is 0 Å². The highest BCUT2D eigenvalue weighted by Gasteiger charge is 2.34. The minimum absolute atomic E-state index is 0.715. The highest BCUT2D eigenvalue weighted by atomic mass is 16.4. The maximum atomic E-state index is 11.4. The third-order valence-corrected chi connectivity index (χ3v) is 2.26. The van der Waals surface area contributed by atoms with E-state index in [1.165, 1.54) is 0 Å². The molecule has 0 saturated heterocycles. The summed E-state index contributed by atoms with van der Waals surface area (Å²) in [7, 11) is 0. The molecule has 74 valence electrons. The lowest BCUT2D eigenvalue weighted by molar-refractivity contribution is -0.151. The van der Waals surface area contributed by atoms with E-state index in [9.17, 15) is 9.59 Å². The number of benzene rings is 1. The van der Waals surface area contributed by atoms with E-state index in [0.29, 0.717) is 5.56 Å². The van der Waals surface area contributed by atoms with Crippen molar-refractivity contribution in [2.75, 3.05) is 0 Å². The second-order valence-electron chi connectivity index (χ2n) is 3.63. The summed E-state index contributed by atoms with van der Waals surface area (Å²) in [5, 5.41) is 8.63. The van der Waals surface area contributed by atoms with Crippen molar-refractivity contribution in [3.63, 3.8) is 0 Å². The van der Waals surface area contributed by atoms with Crippen LogP contribution in [0.3, 0.4) is 0 Å². The lowest BCUT2D eigenvalue weighted by Crippen LogP contribution is -2.34. The van der Waals surface area contributed by atoms with Crippen LogP contribution in [0.25, 0.3) is 0 Å². The maximum absolute atomic E-state index is 11.4. The molecule has 0 saturated carbocycles. The average molecular weight is 192 g/mol. The molecule has 0 unspecified atom stereocenters. The normalized spacial score (nSPS) is 11.0. The molecule has 1 aromatic carbocycles. The van der Waals surface area contributed by atoms with Crippen LogP contribution in [0.15, 0.2) is 30.3 Å². The van der Waals surface area contributed by atoms with Gasteiger partial charge in [0.15, 0.2) is 0 Å². The van der Waals surface area contributed by atoms with Gasteiger partial charge in [-0.05, 0) is 19.4 Å². The fourth-order valence-electron chi connectivity index (χ4n) is 1.25. The number of rotatable bonds is 3. The van der Waals surface area contributed by atoms with Gasteiger partial charge in [-0.15, -0.1) is 0 Å². The van der Waals surface area contributed by atoms with Gasteiger partial charge in [0, 0.05) is 0 Å². The van der Waals surface area contributed by atoms with Crippen LogP contribution in [-0.2, 0) is 15.0 Å². The zero-order valence-corrected chi connectivity index (χ0v) is 8.15. The standard InChI is InChI=1S/C11H12O3/c1-11(2,9(12)10(13)14)8-6-4-3-5-7-8/h3-7H,1-2H3,(H,13,14). The van der Waals surface area contributed by atoms with E-state index in [4.69, 9.17) is 5.11 Å². The fraction of sp³-hybridized carbons (Fsp3) is 0.273. The van der Waals surface area contributed by atoms with Crippen LogP contribution in [0, 0.1) is 0 Å². The Bertz CT molecular complexity index is 352. The minimum Gasteiger partial charge on any atom is -0.475 e. The largest absolute Gasteiger partial charge is 0.475 e. The Balaban J connectivity index is 3.08. The van der Waals surface area contributed by atoms with E-state index in [2.05, 4.69) is 0 Å². The van der Waals surface area contributed by atoms with Gasteiger partial charge in [0.1, 0.15) is 0 Å². The van der Waals surface area contributed by atoms with E-state index < -0.39 is 17.2 Å². The Hall–Kier alpha value is -1.64. The molecule has 14 heavy (non-hydrogen) atoms. The van der Waals surface area contributed by atoms with Crippen molar-refractivity contribution in [2.24, 2.45) is 0 Å². The number of hydrogen-bond acceptors (Lipinski definition) is 2. The molecule has 0 aliphatic carbocycles. The minimum atomic E-state index is -1.39. The third kappa shape index (κ3) is 1.82. The first kappa shape index (κ1) is 10.4. The lowest BCUT2D eigenvalue weighted by atomic mass is 9.80. The number of hydrogen-bond donors (Lipinski definition) is 1. The van der Waals surface area contributed by atoms with E-state index in [-0.39, 0.29) is 0 Å². The first-order valence-electron chi connectivity index (χ1n) is 4.29. The summed E-state index contributed by atoms with van der Waals surface area (Å²) >= 11 is 0. The summed E-state index contributed by atoms with van der Waals surface area (Å²) in [6, 6.07) is 8.89. The van der Waals surface area contributed by atoms with Crippen LogP contribution in [0.1, 0.15) is 19.4 Å². The number of Topliss-reactive ketones (excluding diaryl/α,β-unsaturated/α-hetero) is 1. The third-order valence-electron chi connectivity index (χ3n) is 2.26. The van der Waals surface area contributed by atoms with Gasteiger partial charge in [-0.3, -0.25) is 4.79 Å². The first-order valence-corrected chi connectivity index (χ1v) is 4.29. The smallest absolute Gasteiger partial charge is 0.373 e. The first-order chi connectivity index (χ1) is 6.46. The van der Waals surface area contributed by atoms with Crippen molar-refractivity contribution in [1.29, 1.82) is 0 Å². The van der Waals surface area contributed by atoms with Gasteiger partial charge in [0.05, 0.1) is 5.41 Å². The summed E-state index contributed by atoms with van der Waals surface area (Å²) in [5.74, 6) is -2.18. The van der Waals surface area contributed by atoms with E-state index in [1.807, 2.05) is 6.07 Å².